The lowest BCUT2D eigenvalue weighted by Gasteiger charge is -2.23. The zero-order chi connectivity index (χ0) is 36.3. The standard InChI is InChI=1S/C44H48N6O2.2BrH/c1-49(2,3)23-7-25-51-39-19-9-31(10-20-39)43-41-29-37-17-15-35(46-37)27-33-13-14-34(45-33)28-36-16-18-38(47-36)30-42(48-41)44(43)32-11-21-40(22-12-32)52-26-8-24-50(4,5)6;;/h9-22,27-30H,7-8,23-26H2,1-6H3;2*1H/q+2;;/p-2. The Balaban J connectivity index is 0.00000280. The van der Waals surface area contributed by atoms with Gasteiger partial charge in [0.2, 0.25) is 0 Å². The molecule has 5 aliphatic heterocycles. The van der Waals surface area contributed by atoms with Crippen LogP contribution in [0, 0.1) is 0 Å². The van der Waals surface area contributed by atoms with E-state index in [1.807, 2.05) is 48.6 Å². The Bertz CT molecular complexity index is 2130. The number of hydrogen-bond acceptors (Lipinski definition) is 6. The average molecular weight is 853 g/mol. The average Bonchev–Trinajstić information content (AvgIpc) is 3.90. The molecule has 5 aliphatic rings. The maximum absolute atomic E-state index is 6.16. The van der Waals surface area contributed by atoms with E-state index in [-0.39, 0.29) is 34.0 Å². The summed E-state index contributed by atoms with van der Waals surface area (Å²) in [6.45, 7) is 3.46. The van der Waals surface area contributed by atoms with Gasteiger partial charge in [-0.15, -0.1) is 0 Å². The van der Waals surface area contributed by atoms with Crippen molar-refractivity contribution < 1.29 is 52.4 Å². The number of aliphatic imine (C=N–C) groups is 4. The maximum atomic E-state index is 6.16. The van der Waals surface area contributed by atoms with Gasteiger partial charge in [0, 0.05) is 24.0 Å². The van der Waals surface area contributed by atoms with Gasteiger partial charge in [-0.2, -0.15) is 0 Å². The minimum absolute atomic E-state index is 0. The molecule has 0 aliphatic carbocycles. The van der Waals surface area contributed by atoms with Crippen molar-refractivity contribution in [3.63, 3.8) is 0 Å². The first-order valence-corrected chi connectivity index (χ1v) is 18.0. The van der Waals surface area contributed by atoms with Gasteiger partial charge in [0.05, 0.1) is 114 Å². The molecule has 5 heterocycles. The summed E-state index contributed by atoms with van der Waals surface area (Å²) < 4.78 is 14.2. The molecule has 2 aromatic rings. The predicted octanol–water partition coefficient (Wildman–Crippen LogP) is 1.59. The predicted molar refractivity (Wildman–Crippen MR) is 215 cm³/mol. The lowest BCUT2D eigenvalue weighted by atomic mass is 9.91. The first-order chi connectivity index (χ1) is 24.9. The van der Waals surface area contributed by atoms with Gasteiger partial charge in [0.25, 0.3) is 0 Å². The Morgan fingerprint density at radius 1 is 0.463 bits per heavy atom. The summed E-state index contributed by atoms with van der Waals surface area (Å²) in [5, 5.41) is 0. The molecule has 7 rings (SSSR count). The molecule has 2 aromatic carbocycles. The van der Waals surface area contributed by atoms with E-state index < -0.39 is 0 Å². The zero-order valence-corrected chi connectivity index (χ0v) is 35.1. The van der Waals surface area contributed by atoms with Crippen molar-refractivity contribution in [1.82, 2.24) is 0 Å². The monoisotopic (exact) mass is 850 g/mol. The molecule has 10 heteroatoms. The van der Waals surface area contributed by atoms with E-state index in [2.05, 4.69) is 103 Å². The van der Waals surface area contributed by atoms with Crippen LogP contribution < -0.4 is 43.4 Å². The van der Waals surface area contributed by atoms with Crippen LogP contribution in [0.25, 0.3) is 11.1 Å². The fraction of sp³-hybridized carbons (Fsp3) is 0.273. The zero-order valence-electron chi connectivity index (χ0n) is 31.9. The smallest absolute Gasteiger partial charge is 0.119 e. The molecule has 0 spiro atoms. The molecule has 8 nitrogen and oxygen atoms in total. The SMILES string of the molecule is C[N+](C)(C)CCCOc1ccc(C2=C(c3ccc(OCCC[N+](C)(C)C)cc3)C3=NC2=CC2=NC(=CC4=NC(=CC5=NC(=C3)C=C5)C=C4)C=C2)cc1.[Br-].[Br-]. The van der Waals surface area contributed by atoms with Crippen molar-refractivity contribution in [2.75, 3.05) is 68.6 Å². The maximum Gasteiger partial charge on any atom is 0.119 e. The number of nitrogens with zero attached hydrogens (tertiary/aromatic N) is 6. The first-order valence-electron chi connectivity index (χ1n) is 18.0. The number of fused-ring (bicyclic) bond motifs is 4. The van der Waals surface area contributed by atoms with Gasteiger partial charge >= 0.3 is 0 Å². The quantitative estimate of drug-likeness (QED) is 0.241. The molecule has 280 valence electrons. The van der Waals surface area contributed by atoms with Crippen LogP contribution >= 0.6 is 0 Å². The minimum Gasteiger partial charge on any atom is -1.00 e. The molecule has 0 amide bonds. The van der Waals surface area contributed by atoms with E-state index in [1.54, 1.807) is 0 Å². The molecule has 0 unspecified atom stereocenters. The number of halogens is 2. The van der Waals surface area contributed by atoms with Crippen LogP contribution in [-0.4, -0.2) is 100 Å². The highest BCUT2D eigenvalue weighted by Gasteiger charge is 2.27. The molecule has 8 bridgehead atoms. The third-order valence-corrected chi connectivity index (χ3v) is 8.98. The van der Waals surface area contributed by atoms with Crippen molar-refractivity contribution >= 4 is 34.0 Å². The second kappa shape index (κ2) is 17.3. The molecular weight excluding hydrogens is 804 g/mol. The van der Waals surface area contributed by atoms with E-state index in [0.29, 0.717) is 13.2 Å². The highest BCUT2D eigenvalue weighted by atomic mass is 79.9. The first kappa shape index (κ1) is 40.7. The van der Waals surface area contributed by atoms with Gasteiger partial charge in [-0.25, -0.2) is 20.0 Å². The van der Waals surface area contributed by atoms with E-state index in [9.17, 15) is 0 Å². The van der Waals surface area contributed by atoms with Crippen molar-refractivity contribution in [3.05, 3.63) is 143 Å². The molecular formula is C44H48Br2N6O2. The summed E-state index contributed by atoms with van der Waals surface area (Å²) in [7, 11) is 13.2. The van der Waals surface area contributed by atoms with Gasteiger partial charge in [-0.3, -0.25) is 0 Å². The highest BCUT2D eigenvalue weighted by molar-refractivity contribution is 6.40. The molecule has 0 aromatic heterocycles. The van der Waals surface area contributed by atoms with Gasteiger partial charge in [0.1, 0.15) is 11.5 Å². The van der Waals surface area contributed by atoms with E-state index in [1.165, 1.54) is 0 Å². The van der Waals surface area contributed by atoms with Gasteiger partial charge < -0.3 is 52.4 Å². The van der Waals surface area contributed by atoms with Crippen LogP contribution in [0.3, 0.4) is 0 Å². The summed E-state index contributed by atoms with van der Waals surface area (Å²) in [6.07, 6.45) is 22.2. The fourth-order valence-electron chi connectivity index (χ4n) is 6.43. The van der Waals surface area contributed by atoms with Crippen LogP contribution in [0.15, 0.2) is 152 Å². The third kappa shape index (κ3) is 10.6. The summed E-state index contributed by atoms with van der Waals surface area (Å²) in [5.74, 6) is 1.71. The van der Waals surface area contributed by atoms with E-state index in [4.69, 9.17) is 29.4 Å². The third-order valence-electron chi connectivity index (χ3n) is 8.98. The van der Waals surface area contributed by atoms with Crippen molar-refractivity contribution in [1.29, 1.82) is 0 Å². The molecule has 0 fully saturated rings. The Labute approximate surface area is 340 Å². The highest BCUT2D eigenvalue weighted by Crippen LogP contribution is 2.41. The molecule has 0 N–H and O–H groups in total. The van der Waals surface area contributed by atoms with Crippen molar-refractivity contribution in [3.8, 4) is 11.5 Å². The summed E-state index contributed by atoms with van der Waals surface area (Å²) in [5.41, 5.74) is 10.9. The van der Waals surface area contributed by atoms with Gasteiger partial charge in [-0.1, -0.05) is 24.3 Å². The van der Waals surface area contributed by atoms with Crippen LogP contribution in [0.5, 0.6) is 11.5 Å². The van der Waals surface area contributed by atoms with Gasteiger partial charge in [-0.05, 0) is 96.2 Å². The second-order valence-electron chi connectivity index (χ2n) is 15.6. The largest absolute Gasteiger partial charge is 1.00 e. The number of rotatable bonds is 12. The number of hydrogen-bond donors (Lipinski definition) is 0. The normalized spacial score (nSPS) is 17.1. The van der Waals surface area contributed by atoms with Gasteiger partial charge in [0.15, 0.2) is 0 Å². The molecule has 0 radical (unpaired) electrons. The Morgan fingerprint density at radius 3 is 1.31 bits per heavy atom. The minimum atomic E-state index is 0. The fourth-order valence-corrected chi connectivity index (χ4v) is 6.43. The molecule has 54 heavy (non-hydrogen) atoms. The summed E-state index contributed by atoms with van der Waals surface area (Å²) in [6, 6.07) is 16.8. The van der Waals surface area contributed by atoms with E-state index in [0.717, 1.165) is 114 Å². The van der Waals surface area contributed by atoms with Crippen LogP contribution in [0.2, 0.25) is 0 Å². The van der Waals surface area contributed by atoms with E-state index >= 15 is 0 Å². The number of benzene rings is 2. The molecule has 0 saturated carbocycles. The number of allylic oxidation sites excluding steroid dienone is 12. The van der Waals surface area contributed by atoms with Crippen LogP contribution in [0.1, 0.15) is 24.0 Å². The topological polar surface area (TPSA) is 67.9 Å². The lowest BCUT2D eigenvalue weighted by Crippen LogP contribution is -3.00. The number of quaternary nitrogens is 2. The van der Waals surface area contributed by atoms with Crippen molar-refractivity contribution in [2.24, 2.45) is 20.0 Å². The number of ether oxygens (including phenoxy) is 2. The Morgan fingerprint density at radius 2 is 0.870 bits per heavy atom. The van der Waals surface area contributed by atoms with Crippen LogP contribution in [-0.2, 0) is 0 Å². The Kier molecular flexibility index (Phi) is 13.1. The Hall–Kier alpha value is -4.48. The molecule has 0 atom stereocenters. The summed E-state index contributed by atoms with van der Waals surface area (Å²) in [4.78, 5) is 19.9. The molecule has 0 saturated heterocycles. The van der Waals surface area contributed by atoms with Crippen LogP contribution in [0.4, 0.5) is 0 Å². The summed E-state index contributed by atoms with van der Waals surface area (Å²) >= 11 is 0. The van der Waals surface area contributed by atoms with Crippen molar-refractivity contribution in [2.45, 2.75) is 12.8 Å². The second-order valence-corrected chi connectivity index (χ2v) is 15.6. The lowest BCUT2D eigenvalue weighted by molar-refractivity contribution is -0.870.